The van der Waals surface area contributed by atoms with Crippen LogP contribution in [0.25, 0.3) is 0 Å². The number of hydrogen-bond donors (Lipinski definition) is 2. The van der Waals surface area contributed by atoms with E-state index < -0.39 is 5.97 Å². The highest BCUT2D eigenvalue weighted by Crippen LogP contribution is 2.09. The molecule has 0 radical (unpaired) electrons. The third-order valence-electron chi connectivity index (χ3n) is 2.92. The molecule has 0 fully saturated rings. The van der Waals surface area contributed by atoms with Crippen LogP contribution in [0.3, 0.4) is 0 Å². The van der Waals surface area contributed by atoms with E-state index >= 15 is 0 Å². The summed E-state index contributed by atoms with van der Waals surface area (Å²) in [7, 11) is 1.50. The van der Waals surface area contributed by atoms with Crippen molar-refractivity contribution in [1.29, 1.82) is 0 Å². The highest BCUT2D eigenvalue weighted by atomic mass is 16.4. The van der Waals surface area contributed by atoms with E-state index in [0.29, 0.717) is 5.56 Å². The van der Waals surface area contributed by atoms with Crippen LogP contribution in [0.4, 0.5) is 0 Å². The Labute approximate surface area is 123 Å². The molecule has 0 aliphatic rings. The first-order valence-electron chi connectivity index (χ1n) is 6.57. The average molecular weight is 293 g/mol. The highest BCUT2D eigenvalue weighted by molar-refractivity contribution is 5.96. The lowest BCUT2D eigenvalue weighted by molar-refractivity contribution is -0.137. The molecule has 1 heterocycles. The third kappa shape index (κ3) is 4.55. The number of amides is 2. The Morgan fingerprint density at radius 1 is 1.33 bits per heavy atom. The number of carbonyl (C=O) groups is 3. The Kier molecular flexibility index (Phi) is 5.83. The molecule has 0 aromatic carbocycles. The number of aromatic nitrogens is 1. The zero-order chi connectivity index (χ0) is 16.0. The first-order chi connectivity index (χ1) is 9.86. The van der Waals surface area contributed by atoms with Crippen LogP contribution in [-0.4, -0.2) is 52.4 Å². The van der Waals surface area contributed by atoms with Crippen LogP contribution in [-0.2, 0) is 4.79 Å². The molecule has 0 saturated heterocycles. The summed E-state index contributed by atoms with van der Waals surface area (Å²) in [4.78, 5) is 39.8. The fraction of sp³-hybridized carbons (Fsp3) is 0.429. The number of aliphatic carboxylic acids is 1. The molecule has 2 N–H and O–H groups in total. The van der Waals surface area contributed by atoms with Crippen molar-refractivity contribution in [3.05, 3.63) is 29.6 Å². The summed E-state index contributed by atoms with van der Waals surface area (Å²) in [6, 6.07) is 2.84. The van der Waals surface area contributed by atoms with Gasteiger partial charge in [-0.3, -0.25) is 19.4 Å². The van der Waals surface area contributed by atoms with E-state index in [1.165, 1.54) is 30.3 Å². The maximum Gasteiger partial charge on any atom is 0.305 e. The van der Waals surface area contributed by atoms with Gasteiger partial charge >= 0.3 is 5.97 Å². The van der Waals surface area contributed by atoms with E-state index in [-0.39, 0.29) is 36.5 Å². The minimum atomic E-state index is -0.957. The molecule has 0 saturated carbocycles. The Hall–Kier alpha value is -2.44. The summed E-state index contributed by atoms with van der Waals surface area (Å²) < 4.78 is 0. The topological polar surface area (TPSA) is 99.6 Å². The summed E-state index contributed by atoms with van der Waals surface area (Å²) in [5.74, 6) is -1.59. The van der Waals surface area contributed by atoms with Gasteiger partial charge < -0.3 is 15.3 Å². The second-order valence-corrected chi connectivity index (χ2v) is 4.75. The Bertz CT molecular complexity index is 526. The number of nitrogens with zero attached hydrogens (tertiary/aromatic N) is 2. The molecular formula is C14H19N3O4. The maximum atomic E-state index is 12.3. The smallest absolute Gasteiger partial charge is 0.305 e. The normalized spacial score (nSPS) is 10.3. The summed E-state index contributed by atoms with van der Waals surface area (Å²) in [6.07, 6.45) is 1.21. The maximum absolute atomic E-state index is 12.3. The molecule has 7 heteroatoms. The van der Waals surface area contributed by atoms with Gasteiger partial charge in [0.1, 0.15) is 5.69 Å². The van der Waals surface area contributed by atoms with E-state index in [4.69, 9.17) is 5.11 Å². The van der Waals surface area contributed by atoms with E-state index in [9.17, 15) is 14.4 Å². The van der Waals surface area contributed by atoms with Crippen LogP contribution in [0.5, 0.6) is 0 Å². The van der Waals surface area contributed by atoms with Gasteiger partial charge in [0.05, 0.1) is 12.0 Å². The van der Waals surface area contributed by atoms with E-state index in [0.717, 1.165) is 0 Å². The summed E-state index contributed by atoms with van der Waals surface area (Å²) in [5.41, 5.74) is 0.539. The van der Waals surface area contributed by atoms with Gasteiger partial charge in [-0.15, -0.1) is 0 Å². The van der Waals surface area contributed by atoms with E-state index in [2.05, 4.69) is 10.3 Å². The van der Waals surface area contributed by atoms with Gasteiger partial charge in [0.25, 0.3) is 11.8 Å². The van der Waals surface area contributed by atoms with Crippen molar-refractivity contribution in [3.63, 3.8) is 0 Å². The first-order valence-corrected chi connectivity index (χ1v) is 6.57. The van der Waals surface area contributed by atoms with E-state index in [1.807, 2.05) is 13.8 Å². The number of pyridine rings is 1. The quantitative estimate of drug-likeness (QED) is 0.807. The van der Waals surface area contributed by atoms with Crippen LogP contribution in [0.15, 0.2) is 18.3 Å². The zero-order valence-corrected chi connectivity index (χ0v) is 12.3. The van der Waals surface area contributed by atoms with Crippen molar-refractivity contribution < 1.29 is 19.5 Å². The number of carbonyl (C=O) groups excluding carboxylic acids is 2. The van der Waals surface area contributed by atoms with Crippen LogP contribution in [0, 0.1) is 0 Å². The minimum absolute atomic E-state index is 0.117. The standard InChI is InChI=1S/C14H19N3O4/c1-9(2)17(7-6-12(18)19)14(21)10-4-5-11(16-8-10)13(20)15-3/h4-5,8-9H,6-7H2,1-3H3,(H,15,20)(H,18,19). The van der Waals surface area contributed by atoms with Gasteiger partial charge in [-0.1, -0.05) is 0 Å². The number of nitrogens with one attached hydrogen (secondary N) is 1. The second-order valence-electron chi connectivity index (χ2n) is 4.75. The molecule has 2 amide bonds. The molecule has 0 unspecified atom stereocenters. The third-order valence-corrected chi connectivity index (χ3v) is 2.92. The molecule has 0 spiro atoms. The lowest BCUT2D eigenvalue weighted by Crippen LogP contribution is -2.38. The van der Waals surface area contributed by atoms with Crippen molar-refractivity contribution in [1.82, 2.24) is 15.2 Å². The molecule has 0 aliphatic carbocycles. The van der Waals surface area contributed by atoms with Gasteiger partial charge in [-0.25, -0.2) is 0 Å². The summed E-state index contributed by atoms with van der Waals surface area (Å²) in [6.45, 7) is 3.75. The van der Waals surface area contributed by atoms with Crippen molar-refractivity contribution in [3.8, 4) is 0 Å². The van der Waals surface area contributed by atoms with Crippen LogP contribution < -0.4 is 5.32 Å². The van der Waals surface area contributed by atoms with Crippen molar-refractivity contribution in [2.75, 3.05) is 13.6 Å². The summed E-state index contributed by atoms with van der Waals surface area (Å²) in [5, 5.41) is 11.2. The number of hydrogen-bond acceptors (Lipinski definition) is 4. The van der Waals surface area contributed by atoms with Crippen molar-refractivity contribution in [2.24, 2.45) is 0 Å². The number of rotatable bonds is 6. The van der Waals surface area contributed by atoms with Crippen molar-refractivity contribution >= 4 is 17.8 Å². The van der Waals surface area contributed by atoms with E-state index in [1.54, 1.807) is 0 Å². The fourth-order valence-electron chi connectivity index (χ4n) is 1.76. The van der Waals surface area contributed by atoms with Gasteiger partial charge in [-0.2, -0.15) is 0 Å². The predicted molar refractivity (Wildman–Crippen MR) is 76.1 cm³/mol. The highest BCUT2D eigenvalue weighted by Gasteiger charge is 2.20. The first kappa shape index (κ1) is 16.6. The Morgan fingerprint density at radius 3 is 2.43 bits per heavy atom. The molecule has 114 valence electrons. The van der Waals surface area contributed by atoms with Gasteiger partial charge in [0.15, 0.2) is 0 Å². The van der Waals surface area contributed by atoms with Crippen LogP contribution in [0.2, 0.25) is 0 Å². The number of carboxylic acids is 1. The fourth-order valence-corrected chi connectivity index (χ4v) is 1.76. The zero-order valence-electron chi connectivity index (χ0n) is 12.3. The lowest BCUT2D eigenvalue weighted by atomic mass is 10.2. The minimum Gasteiger partial charge on any atom is -0.481 e. The van der Waals surface area contributed by atoms with Gasteiger partial charge in [0.2, 0.25) is 0 Å². The molecule has 1 aromatic rings. The molecule has 1 rings (SSSR count). The second kappa shape index (κ2) is 7.37. The molecule has 0 bridgehead atoms. The largest absolute Gasteiger partial charge is 0.481 e. The van der Waals surface area contributed by atoms with Crippen LogP contribution in [0.1, 0.15) is 41.1 Å². The monoisotopic (exact) mass is 293 g/mol. The predicted octanol–water partition coefficient (Wildman–Crippen LogP) is 0.766. The van der Waals surface area contributed by atoms with Gasteiger partial charge in [0, 0.05) is 25.8 Å². The Morgan fingerprint density at radius 2 is 2.00 bits per heavy atom. The lowest BCUT2D eigenvalue weighted by Gasteiger charge is -2.26. The molecule has 0 atom stereocenters. The summed E-state index contributed by atoms with van der Waals surface area (Å²) >= 11 is 0. The van der Waals surface area contributed by atoms with Crippen LogP contribution >= 0.6 is 0 Å². The molecule has 1 aromatic heterocycles. The van der Waals surface area contributed by atoms with Crippen molar-refractivity contribution in [2.45, 2.75) is 26.3 Å². The average Bonchev–Trinajstić information content (AvgIpc) is 2.45. The van der Waals surface area contributed by atoms with Gasteiger partial charge in [-0.05, 0) is 26.0 Å². The molecule has 0 aliphatic heterocycles. The molecular weight excluding hydrogens is 274 g/mol. The SMILES string of the molecule is CNC(=O)c1ccc(C(=O)N(CCC(=O)O)C(C)C)cn1. The Balaban J connectivity index is 2.88. The molecule has 21 heavy (non-hydrogen) atoms. The number of carboxylic acid groups (broad SMARTS) is 1. The molecule has 7 nitrogen and oxygen atoms in total.